The number of rotatable bonds is 4. The Morgan fingerprint density at radius 3 is 2.95 bits per heavy atom. The average Bonchev–Trinajstić information content (AvgIpc) is 2.96. The fourth-order valence-electron chi connectivity index (χ4n) is 3.35. The van der Waals surface area contributed by atoms with E-state index in [2.05, 4.69) is 29.5 Å². The molecule has 0 aromatic carbocycles. The lowest BCUT2D eigenvalue weighted by atomic mass is 9.98. The van der Waals surface area contributed by atoms with Gasteiger partial charge in [-0.15, -0.1) is 11.6 Å². The van der Waals surface area contributed by atoms with Crippen molar-refractivity contribution >= 4 is 22.8 Å². The van der Waals surface area contributed by atoms with Crippen molar-refractivity contribution in [2.75, 3.05) is 5.88 Å². The van der Waals surface area contributed by atoms with Crippen molar-refractivity contribution in [3.05, 3.63) is 23.7 Å². The molecule has 1 fully saturated rings. The van der Waals surface area contributed by atoms with E-state index in [-0.39, 0.29) is 0 Å². The molecule has 0 saturated heterocycles. The second-order valence-electron chi connectivity index (χ2n) is 6.10. The van der Waals surface area contributed by atoms with Crippen molar-refractivity contribution in [1.29, 1.82) is 0 Å². The minimum atomic E-state index is 0.614. The first-order valence-electron chi connectivity index (χ1n) is 7.56. The summed E-state index contributed by atoms with van der Waals surface area (Å²) in [5.41, 5.74) is 3.19. The van der Waals surface area contributed by atoms with Gasteiger partial charge in [-0.25, -0.2) is 9.97 Å². The predicted octanol–water partition coefficient (Wildman–Crippen LogP) is 3.96. The monoisotopic (exact) mass is 291 g/mol. The van der Waals surface area contributed by atoms with E-state index >= 15 is 0 Å². The van der Waals surface area contributed by atoms with Gasteiger partial charge in [0.25, 0.3) is 0 Å². The zero-order valence-corrected chi connectivity index (χ0v) is 13.0. The molecule has 0 N–H and O–H groups in total. The fraction of sp³-hybridized carbons (Fsp3) is 0.625. The van der Waals surface area contributed by atoms with Crippen LogP contribution in [0.25, 0.3) is 11.2 Å². The lowest BCUT2D eigenvalue weighted by Gasteiger charge is -2.17. The highest BCUT2D eigenvalue weighted by molar-refractivity contribution is 6.17. The van der Waals surface area contributed by atoms with Gasteiger partial charge in [0.2, 0.25) is 0 Å². The maximum Gasteiger partial charge on any atom is 0.160 e. The molecule has 3 nitrogen and oxygen atoms in total. The third kappa shape index (κ3) is 2.56. The Bertz CT molecular complexity index is 605. The first-order valence-corrected chi connectivity index (χ1v) is 8.10. The molecule has 108 valence electrons. The number of pyridine rings is 1. The number of fused-ring (bicyclic) bond motifs is 1. The zero-order valence-electron chi connectivity index (χ0n) is 12.3. The van der Waals surface area contributed by atoms with Crippen LogP contribution in [0.3, 0.4) is 0 Å². The molecule has 2 heterocycles. The van der Waals surface area contributed by atoms with Gasteiger partial charge in [0, 0.05) is 25.0 Å². The zero-order chi connectivity index (χ0) is 14.1. The molecule has 3 rings (SSSR count). The van der Waals surface area contributed by atoms with Gasteiger partial charge in [-0.1, -0.05) is 19.8 Å². The second-order valence-corrected chi connectivity index (χ2v) is 6.48. The first kappa shape index (κ1) is 13.9. The summed E-state index contributed by atoms with van der Waals surface area (Å²) in [6.45, 7) is 5.47. The van der Waals surface area contributed by atoms with Crippen LogP contribution in [0.4, 0.5) is 0 Å². The van der Waals surface area contributed by atoms with Gasteiger partial charge >= 0.3 is 0 Å². The number of hydrogen-bond donors (Lipinski definition) is 0. The topological polar surface area (TPSA) is 30.7 Å². The minimum absolute atomic E-state index is 0.614. The highest BCUT2D eigenvalue weighted by Gasteiger charge is 2.25. The van der Waals surface area contributed by atoms with Crippen molar-refractivity contribution in [3.63, 3.8) is 0 Å². The number of aromatic nitrogens is 3. The van der Waals surface area contributed by atoms with Gasteiger partial charge in [-0.05, 0) is 36.8 Å². The van der Waals surface area contributed by atoms with E-state index in [0.29, 0.717) is 5.88 Å². The maximum absolute atomic E-state index is 5.94. The summed E-state index contributed by atoms with van der Waals surface area (Å²) in [6, 6.07) is 2.12. The molecule has 2 aromatic rings. The summed E-state index contributed by atoms with van der Waals surface area (Å²) < 4.78 is 2.31. The van der Waals surface area contributed by atoms with Crippen LogP contribution >= 0.6 is 11.6 Å². The fourth-order valence-corrected chi connectivity index (χ4v) is 3.52. The molecule has 2 unspecified atom stereocenters. The minimum Gasteiger partial charge on any atom is -0.312 e. The molecule has 0 amide bonds. The van der Waals surface area contributed by atoms with Crippen molar-refractivity contribution in [2.24, 2.45) is 11.8 Å². The van der Waals surface area contributed by atoms with Crippen LogP contribution in [0.2, 0.25) is 0 Å². The highest BCUT2D eigenvalue weighted by atomic mass is 35.5. The Hall–Kier alpha value is -1.09. The predicted molar refractivity (Wildman–Crippen MR) is 83.2 cm³/mol. The quantitative estimate of drug-likeness (QED) is 0.798. The number of alkyl halides is 1. The Balaban J connectivity index is 1.99. The molecule has 1 aliphatic carbocycles. The Morgan fingerprint density at radius 2 is 2.25 bits per heavy atom. The summed E-state index contributed by atoms with van der Waals surface area (Å²) in [7, 11) is 0. The molecule has 0 bridgehead atoms. The van der Waals surface area contributed by atoms with Crippen LogP contribution in [0.1, 0.15) is 37.6 Å². The lowest BCUT2D eigenvalue weighted by molar-refractivity contribution is 0.363. The molecule has 1 aliphatic rings. The van der Waals surface area contributed by atoms with Crippen molar-refractivity contribution in [3.8, 4) is 0 Å². The van der Waals surface area contributed by atoms with E-state index in [1.807, 2.05) is 6.20 Å². The van der Waals surface area contributed by atoms with Crippen LogP contribution in [0.5, 0.6) is 0 Å². The molecule has 0 radical (unpaired) electrons. The van der Waals surface area contributed by atoms with E-state index in [1.54, 1.807) is 0 Å². The molecular weight excluding hydrogens is 270 g/mol. The van der Waals surface area contributed by atoms with Gasteiger partial charge < -0.3 is 4.57 Å². The smallest absolute Gasteiger partial charge is 0.160 e. The van der Waals surface area contributed by atoms with Gasteiger partial charge in [-0.2, -0.15) is 0 Å². The van der Waals surface area contributed by atoms with Crippen molar-refractivity contribution in [1.82, 2.24) is 14.5 Å². The van der Waals surface area contributed by atoms with Gasteiger partial charge in [0.15, 0.2) is 5.65 Å². The molecule has 0 aliphatic heterocycles. The molecule has 4 heteroatoms. The molecule has 2 aromatic heterocycles. The molecule has 20 heavy (non-hydrogen) atoms. The van der Waals surface area contributed by atoms with E-state index < -0.39 is 0 Å². The van der Waals surface area contributed by atoms with E-state index in [1.165, 1.54) is 19.3 Å². The summed E-state index contributed by atoms with van der Waals surface area (Å²) in [5, 5.41) is 0. The largest absolute Gasteiger partial charge is 0.312 e. The van der Waals surface area contributed by atoms with Crippen LogP contribution in [0, 0.1) is 18.8 Å². The third-order valence-corrected chi connectivity index (χ3v) is 4.76. The number of nitrogens with zero attached hydrogens (tertiary/aromatic N) is 3. The highest BCUT2D eigenvalue weighted by Crippen LogP contribution is 2.33. The van der Waals surface area contributed by atoms with Gasteiger partial charge in [-0.3, -0.25) is 0 Å². The van der Waals surface area contributed by atoms with Crippen molar-refractivity contribution in [2.45, 2.75) is 46.1 Å². The third-order valence-electron chi connectivity index (χ3n) is 4.58. The number of halogens is 1. The van der Waals surface area contributed by atoms with Crippen LogP contribution in [0.15, 0.2) is 12.3 Å². The maximum atomic E-state index is 5.94. The normalized spacial score (nSPS) is 22.8. The van der Waals surface area contributed by atoms with Gasteiger partial charge in [0.05, 0.1) is 0 Å². The SMILES string of the molecule is Cc1cnc2c(c1)nc(CCCl)n2CC1CCCC1C. The first-order chi connectivity index (χ1) is 9.69. The Kier molecular flexibility index (Phi) is 3.97. The molecule has 0 spiro atoms. The second kappa shape index (κ2) is 5.72. The number of aryl methyl sites for hydroxylation is 2. The summed E-state index contributed by atoms with van der Waals surface area (Å²) >= 11 is 5.94. The van der Waals surface area contributed by atoms with E-state index in [0.717, 1.165) is 47.4 Å². The van der Waals surface area contributed by atoms with Gasteiger partial charge in [0.1, 0.15) is 11.3 Å². The molecule has 1 saturated carbocycles. The molecular formula is C16H22ClN3. The standard InChI is InChI=1S/C16H22ClN3/c1-11-8-14-16(18-9-11)20(15(19-14)6-7-17)10-13-5-3-4-12(13)2/h8-9,12-13H,3-7,10H2,1-2H3. The molecule has 2 atom stereocenters. The van der Waals surface area contributed by atoms with E-state index in [9.17, 15) is 0 Å². The Labute approximate surface area is 125 Å². The summed E-state index contributed by atoms with van der Waals surface area (Å²) in [5.74, 6) is 3.27. The number of hydrogen-bond acceptors (Lipinski definition) is 2. The van der Waals surface area contributed by atoms with Crippen molar-refractivity contribution < 1.29 is 0 Å². The summed E-state index contributed by atoms with van der Waals surface area (Å²) in [6.07, 6.45) is 6.79. The average molecular weight is 292 g/mol. The summed E-state index contributed by atoms with van der Waals surface area (Å²) in [4.78, 5) is 9.35. The van der Waals surface area contributed by atoms with Crippen LogP contribution < -0.4 is 0 Å². The Morgan fingerprint density at radius 1 is 1.40 bits per heavy atom. The van der Waals surface area contributed by atoms with Crippen LogP contribution in [-0.2, 0) is 13.0 Å². The lowest BCUT2D eigenvalue weighted by Crippen LogP contribution is -2.16. The van der Waals surface area contributed by atoms with Crippen LogP contribution in [-0.4, -0.2) is 20.4 Å². The number of imidazole rings is 1. The van der Waals surface area contributed by atoms with E-state index in [4.69, 9.17) is 16.6 Å².